The van der Waals surface area contributed by atoms with Gasteiger partial charge in [0.1, 0.15) is 12.7 Å². The van der Waals surface area contributed by atoms with Crippen molar-refractivity contribution in [3.05, 3.63) is 58.7 Å². The zero-order valence-corrected chi connectivity index (χ0v) is 15.6. The number of methoxy groups -OCH3 is 2. The van der Waals surface area contributed by atoms with Gasteiger partial charge in [-0.15, -0.1) is 0 Å². The van der Waals surface area contributed by atoms with Crippen molar-refractivity contribution in [1.82, 2.24) is 0 Å². The van der Waals surface area contributed by atoms with Gasteiger partial charge in [0.05, 0.1) is 14.2 Å². The van der Waals surface area contributed by atoms with Gasteiger partial charge < -0.3 is 28.8 Å². The number of carbonyl (C=O) groups excluding carboxylic acids is 1. The van der Waals surface area contributed by atoms with Crippen LogP contribution in [0.1, 0.15) is 17.2 Å². The van der Waals surface area contributed by atoms with Gasteiger partial charge in [0.2, 0.25) is 6.79 Å². The SMILES string of the molecule is COc1ccc(CC2=C(C(O)c3ccc4c(c3)OCO4)COC2=O)cc1OC. The van der Waals surface area contributed by atoms with E-state index in [1.54, 1.807) is 38.5 Å². The molecule has 7 heteroatoms. The predicted molar refractivity (Wildman–Crippen MR) is 98.8 cm³/mol. The van der Waals surface area contributed by atoms with Crippen LogP contribution in [0.5, 0.6) is 23.0 Å². The van der Waals surface area contributed by atoms with Crippen molar-refractivity contribution < 1.29 is 33.6 Å². The summed E-state index contributed by atoms with van der Waals surface area (Å²) >= 11 is 0. The molecule has 0 spiro atoms. The third kappa shape index (κ3) is 3.25. The molecule has 1 unspecified atom stereocenters. The van der Waals surface area contributed by atoms with E-state index < -0.39 is 12.1 Å². The van der Waals surface area contributed by atoms with E-state index in [0.29, 0.717) is 46.1 Å². The number of cyclic esters (lactones) is 1. The van der Waals surface area contributed by atoms with Gasteiger partial charge in [-0.05, 0) is 35.4 Å². The van der Waals surface area contributed by atoms with Gasteiger partial charge in [-0.2, -0.15) is 0 Å². The molecule has 2 aromatic carbocycles. The first-order chi connectivity index (χ1) is 13.6. The Hall–Kier alpha value is -3.19. The lowest BCUT2D eigenvalue weighted by Gasteiger charge is -2.14. The van der Waals surface area contributed by atoms with Crippen LogP contribution in [0.15, 0.2) is 47.5 Å². The molecule has 2 aliphatic heterocycles. The van der Waals surface area contributed by atoms with E-state index in [9.17, 15) is 9.90 Å². The third-order valence-electron chi connectivity index (χ3n) is 4.86. The summed E-state index contributed by atoms with van der Waals surface area (Å²) in [5.74, 6) is 1.96. The number of aliphatic hydroxyl groups excluding tert-OH is 1. The van der Waals surface area contributed by atoms with Crippen LogP contribution in [0.2, 0.25) is 0 Å². The van der Waals surface area contributed by atoms with E-state index in [1.807, 2.05) is 12.1 Å². The highest BCUT2D eigenvalue weighted by Gasteiger charge is 2.31. The van der Waals surface area contributed by atoms with Crippen LogP contribution < -0.4 is 18.9 Å². The predicted octanol–water partition coefficient (Wildman–Crippen LogP) is 2.56. The van der Waals surface area contributed by atoms with E-state index in [1.165, 1.54) is 0 Å². The van der Waals surface area contributed by atoms with Gasteiger partial charge in [0, 0.05) is 17.6 Å². The maximum Gasteiger partial charge on any atom is 0.334 e. The Morgan fingerprint density at radius 3 is 2.57 bits per heavy atom. The van der Waals surface area contributed by atoms with E-state index in [-0.39, 0.29) is 13.4 Å². The smallest absolute Gasteiger partial charge is 0.334 e. The number of hydrogen-bond acceptors (Lipinski definition) is 7. The monoisotopic (exact) mass is 384 g/mol. The van der Waals surface area contributed by atoms with Crippen molar-refractivity contribution in [2.75, 3.05) is 27.6 Å². The van der Waals surface area contributed by atoms with Crippen molar-refractivity contribution in [2.45, 2.75) is 12.5 Å². The second-order valence-corrected chi connectivity index (χ2v) is 6.46. The Morgan fingerprint density at radius 1 is 1.00 bits per heavy atom. The molecular formula is C21H20O7. The third-order valence-corrected chi connectivity index (χ3v) is 4.86. The first-order valence-corrected chi connectivity index (χ1v) is 8.78. The Labute approximate surface area is 162 Å². The Bertz CT molecular complexity index is 948. The van der Waals surface area contributed by atoms with Crippen LogP contribution in [-0.4, -0.2) is 38.7 Å². The molecule has 0 fully saturated rings. The molecule has 146 valence electrons. The molecule has 28 heavy (non-hydrogen) atoms. The molecule has 7 nitrogen and oxygen atoms in total. The number of hydrogen-bond donors (Lipinski definition) is 1. The fraction of sp³-hybridized carbons (Fsp3) is 0.286. The normalized spacial score (nSPS) is 16.2. The fourth-order valence-electron chi connectivity index (χ4n) is 3.36. The summed E-state index contributed by atoms with van der Waals surface area (Å²) < 4.78 is 26.4. The van der Waals surface area contributed by atoms with Gasteiger partial charge in [0.25, 0.3) is 0 Å². The van der Waals surface area contributed by atoms with Crippen LogP contribution >= 0.6 is 0 Å². The number of fused-ring (bicyclic) bond motifs is 1. The molecule has 2 aliphatic rings. The number of esters is 1. The molecule has 0 saturated heterocycles. The van der Waals surface area contributed by atoms with Crippen LogP contribution in [-0.2, 0) is 16.0 Å². The molecule has 1 atom stereocenters. The van der Waals surface area contributed by atoms with Crippen molar-refractivity contribution in [2.24, 2.45) is 0 Å². The number of benzene rings is 2. The molecule has 2 aromatic rings. The minimum atomic E-state index is -0.976. The lowest BCUT2D eigenvalue weighted by Crippen LogP contribution is -2.07. The van der Waals surface area contributed by atoms with Crippen molar-refractivity contribution in [1.29, 1.82) is 0 Å². The summed E-state index contributed by atoms with van der Waals surface area (Å²) in [6.07, 6.45) is -0.660. The minimum Gasteiger partial charge on any atom is -0.493 e. The number of carbonyl (C=O) groups is 1. The molecule has 0 saturated carbocycles. The second-order valence-electron chi connectivity index (χ2n) is 6.46. The molecule has 0 amide bonds. The van der Waals surface area contributed by atoms with Crippen LogP contribution in [0.4, 0.5) is 0 Å². The van der Waals surface area contributed by atoms with E-state index in [2.05, 4.69) is 0 Å². The fourth-order valence-corrected chi connectivity index (χ4v) is 3.36. The van der Waals surface area contributed by atoms with E-state index in [4.69, 9.17) is 23.7 Å². The van der Waals surface area contributed by atoms with Crippen molar-refractivity contribution in [3.8, 4) is 23.0 Å². The van der Waals surface area contributed by atoms with Crippen molar-refractivity contribution >= 4 is 5.97 Å². The summed E-state index contributed by atoms with van der Waals surface area (Å²) in [5, 5.41) is 10.9. The van der Waals surface area contributed by atoms with Crippen molar-refractivity contribution in [3.63, 3.8) is 0 Å². The average Bonchev–Trinajstić information content (AvgIpc) is 3.33. The summed E-state index contributed by atoms with van der Waals surface area (Å²) in [4.78, 5) is 12.3. The van der Waals surface area contributed by atoms with Gasteiger partial charge in [0.15, 0.2) is 23.0 Å². The van der Waals surface area contributed by atoms with E-state index >= 15 is 0 Å². The highest BCUT2D eigenvalue weighted by Crippen LogP contribution is 2.38. The quantitative estimate of drug-likeness (QED) is 0.767. The Kier molecular flexibility index (Phi) is 4.83. The standard InChI is InChI=1S/C21H20O7/c1-24-16-5-3-12(8-18(16)25-2)7-14-15(10-26-21(14)23)20(22)13-4-6-17-19(9-13)28-11-27-17/h3-6,8-9,20,22H,7,10-11H2,1-2H3. The number of rotatable bonds is 6. The van der Waals surface area contributed by atoms with Gasteiger partial charge in [-0.1, -0.05) is 12.1 Å². The topological polar surface area (TPSA) is 83.5 Å². The first-order valence-electron chi connectivity index (χ1n) is 8.78. The first kappa shape index (κ1) is 18.2. The van der Waals surface area contributed by atoms with Gasteiger partial charge in [-0.25, -0.2) is 4.79 Å². The molecule has 0 aromatic heterocycles. The molecule has 0 aliphatic carbocycles. The largest absolute Gasteiger partial charge is 0.493 e. The zero-order chi connectivity index (χ0) is 19.7. The highest BCUT2D eigenvalue weighted by molar-refractivity contribution is 5.92. The molecule has 4 rings (SSSR count). The summed E-state index contributed by atoms with van der Waals surface area (Å²) in [7, 11) is 3.12. The number of aliphatic hydroxyl groups is 1. The highest BCUT2D eigenvalue weighted by atomic mass is 16.7. The lowest BCUT2D eigenvalue weighted by atomic mass is 9.94. The lowest BCUT2D eigenvalue weighted by molar-refractivity contribution is -0.136. The zero-order valence-electron chi connectivity index (χ0n) is 15.6. The molecule has 1 N–H and O–H groups in total. The summed E-state index contributed by atoms with van der Waals surface area (Å²) in [6, 6.07) is 10.7. The van der Waals surface area contributed by atoms with Gasteiger partial charge in [-0.3, -0.25) is 0 Å². The summed E-state index contributed by atoms with van der Waals surface area (Å²) in [5.41, 5.74) is 2.44. The maximum atomic E-state index is 12.3. The van der Waals surface area contributed by atoms with Gasteiger partial charge >= 0.3 is 5.97 Å². The molecule has 0 bridgehead atoms. The number of ether oxygens (including phenoxy) is 5. The van der Waals surface area contributed by atoms with Crippen LogP contribution in [0.25, 0.3) is 0 Å². The van der Waals surface area contributed by atoms with Crippen LogP contribution in [0.3, 0.4) is 0 Å². The summed E-state index contributed by atoms with van der Waals surface area (Å²) in [6.45, 7) is 0.209. The minimum absolute atomic E-state index is 0.0526. The van der Waals surface area contributed by atoms with E-state index in [0.717, 1.165) is 5.56 Å². The average molecular weight is 384 g/mol. The molecule has 0 radical (unpaired) electrons. The van der Waals surface area contributed by atoms with Crippen LogP contribution in [0, 0.1) is 0 Å². The Balaban J connectivity index is 1.64. The maximum absolute atomic E-state index is 12.3. The Morgan fingerprint density at radius 2 is 1.79 bits per heavy atom. The molecule has 2 heterocycles. The molecular weight excluding hydrogens is 364 g/mol. The second kappa shape index (κ2) is 7.44.